The lowest BCUT2D eigenvalue weighted by Gasteiger charge is -2.04. The number of nitrogens with zero attached hydrogens (tertiary/aromatic N) is 1. The maximum atomic E-state index is 11.7. The maximum Gasteiger partial charge on any atom is 0.257 e. The fourth-order valence-corrected chi connectivity index (χ4v) is 2.41. The predicted octanol–water partition coefficient (Wildman–Crippen LogP) is 0.813. The first-order valence-electron chi connectivity index (χ1n) is 5.56. The number of sulfonamides is 1. The Morgan fingerprint density at radius 2 is 2.18 bits per heavy atom. The summed E-state index contributed by atoms with van der Waals surface area (Å²) in [4.78, 5) is 6.56. The van der Waals surface area contributed by atoms with Gasteiger partial charge in [-0.3, -0.25) is 0 Å². The third-order valence-electron chi connectivity index (χ3n) is 2.29. The molecule has 0 atom stereocenters. The number of unbranched alkanes of at least 4 members (excludes halogenated alkanes) is 2. The van der Waals surface area contributed by atoms with Gasteiger partial charge in [0.1, 0.15) is 5.82 Å². The first kappa shape index (κ1) is 14.1. The van der Waals surface area contributed by atoms with E-state index in [1.807, 2.05) is 0 Å². The Morgan fingerprint density at radius 3 is 2.76 bits per heavy atom. The molecule has 0 aromatic carbocycles. The molecule has 0 radical (unpaired) electrons. The summed E-state index contributed by atoms with van der Waals surface area (Å²) in [6, 6.07) is 0. The fraction of sp³-hybridized carbons (Fsp3) is 0.700. The third kappa shape index (κ3) is 4.84. The van der Waals surface area contributed by atoms with Gasteiger partial charge in [-0.2, -0.15) is 0 Å². The van der Waals surface area contributed by atoms with Gasteiger partial charge < -0.3 is 9.72 Å². The number of nitrogens with one attached hydrogen (secondary N) is 2. The number of hydrogen-bond acceptors (Lipinski definition) is 4. The molecule has 0 aliphatic heterocycles. The zero-order valence-electron chi connectivity index (χ0n) is 10.2. The van der Waals surface area contributed by atoms with Crippen LogP contribution < -0.4 is 4.72 Å². The predicted molar refractivity (Wildman–Crippen MR) is 64.2 cm³/mol. The summed E-state index contributed by atoms with van der Waals surface area (Å²) < 4.78 is 30.9. The molecular formula is C10H19N3O3S. The van der Waals surface area contributed by atoms with E-state index < -0.39 is 10.0 Å². The summed E-state index contributed by atoms with van der Waals surface area (Å²) in [5, 5.41) is 0.117. The van der Waals surface area contributed by atoms with E-state index in [9.17, 15) is 8.42 Å². The van der Waals surface area contributed by atoms with Crippen LogP contribution in [0.4, 0.5) is 0 Å². The van der Waals surface area contributed by atoms with Crippen molar-refractivity contribution in [2.24, 2.45) is 0 Å². The molecule has 0 fully saturated rings. The molecule has 17 heavy (non-hydrogen) atoms. The third-order valence-corrected chi connectivity index (χ3v) is 3.66. The lowest BCUT2D eigenvalue weighted by molar-refractivity contribution is 0.192. The molecule has 1 aromatic heterocycles. The van der Waals surface area contributed by atoms with Crippen LogP contribution in [0.2, 0.25) is 0 Å². The molecule has 0 bridgehead atoms. The summed E-state index contributed by atoms with van der Waals surface area (Å²) in [5.74, 6) is 0.588. The van der Waals surface area contributed by atoms with Crippen LogP contribution in [-0.2, 0) is 14.8 Å². The molecule has 0 aliphatic rings. The van der Waals surface area contributed by atoms with Gasteiger partial charge in [0.2, 0.25) is 0 Å². The number of ether oxygens (including phenoxy) is 1. The molecule has 0 spiro atoms. The van der Waals surface area contributed by atoms with Gasteiger partial charge in [0, 0.05) is 20.3 Å². The van der Waals surface area contributed by atoms with Crippen LogP contribution in [0, 0.1) is 6.92 Å². The van der Waals surface area contributed by atoms with Crippen molar-refractivity contribution in [2.45, 2.75) is 31.2 Å². The largest absolute Gasteiger partial charge is 0.385 e. The number of rotatable bonds is 8. The van der Waals surface area contributed by atoms with E-state index >= 15 is 0 Å². The quantitative estimate of drug-likeness (QED) is 0.678. The van der Waals surface area contributed by atoms with E-state index in [4.69, 9.17) is 4.74 Å². The van der Waals surface area contributed by atoms with E-state index in [1.54, 1.807) is 14.0 Å². The zero-order valence-corrected chi connectivity index (χ0v) is 11.0. The highest BCUT2D eigenvalue weighted by Gasteiger charge is 2.15. The Balaban J connectivity index is 2.31. The van der Waals surface area contributed by atoms with Crippen LogP contribution >= 0.6 is 0 Å². The molecule has 0 amide bonds. The summed E-state index contributed by atoms with van der Waals surface area (Å²) >= 11 is 0. The van der Waals surface area contributed by atoms with Gasteiger partial charge >= 0.3 is 0 Å². The molecule has 1 heterocycles. The highest BCUT2D eigenvalue weighted by atomic mass is 32.2. The molecule has 2 N–H and O–H groups in total. The van der Waals surface area contributed by atoms with Crippen molar-refractivity contribution in [1.29, 1.82) is 0 Å². The normalized spacial score (nSPS) is 11.9. The standard InChI is InChI=1S/C10H19N3O3S/c1-9-11-8-10(13-9)17(14,15)12-6-4-3-5-7-16-2/h8,12H,3-7H2,1-2H3,(H,11,13). The molecule has 0 unspecified atom stereocenters. The van der Waals surface area contributed by atoms with Crippen molar-refractivity contribution in [3.8, 4) is 0 Å². The minimum Gasteiger partial charge on any atom is -0.385 e. The molecule has 98 valence electrons. The van der Waals surface area contributed by atoms with Crippen LogP contribution in [0.3, 0.4) is 0 Å². The Morgan fingerprint density at radius 1 is 1.41 bits per heavy atom. The molecule has 6 nitrogen and oxygen atoms in total. The van der Waals surface area contributed by atoms with E-state index in [2.05, 4.69) is 14.7 Å². The molecule has 7 heteroatoms. The van der Waals surface area contributed by atoms with Crippen molar-refractivity contribution in [3.05, 3.63) is 12.0 Å². The first-order valence-corrected chi connectivity index (χ1v) is 7.05. The van der Waals surface area contributed by atoms with Crippen LogP contribution in [0.5, 0.6) is 0 Å². The topological polar surface area (TPSA) is 84.1 Å². The summed E-state index contributed by atoms with van der Waals surface area (Å²) in [6.45, 7) is 2.86. The highest BCUT2D eigenvalue weighted by molar-refractivity contribution is 7.89. The molecule has 0 saturated carbocycles. The second-order valence-corrected chi connectivity index (χ2v) is 5.52. The summed E-state index contributed by atoms with van der Waals surface area (Å²) in [7, 11) is -1.78. The van der Waals surface area contributed by atoms with Crippen molar-refractivity contribution < 1.29 is 13.2 Å². The minimum absolute atomic E-state index is 0.117. The van der Waals surface area contributed by atoms with Gasteiger partial charge in [0.05, 0.1) is 6.20 Å². The van der Waals surface area contributed by atoms with Gasteiger partial charge in [0.25, 0.3) is 10.0 Å². The van der Waals surface area contributed by atoms with Gasteiger partial charge in [-0.15, -0.1) is 0 Å². The smallest absolute Gasteiger partial charge is 0.257 e. The Kier molecular flexibility index (Phi) is 5.60. The molecular weight excluding hydrogens is 242 g/mol. The van der Waals surface area contributed by atoms with Crippen LogP contribution in [0.1, 0.15) is 25.1 Å². The van der Waals surface area contributed by atoms with E-state index in [-0.39, 0.29) is 5.03 Å². The van der Waals surface area contributed by atoms with Crippen LogP contribution in [0.25, 0.3) is 0 Å². The monoisotopic (exact) mass is 261 g/mol. The average molecular weight is 261 g/mol. The average Bonchev–Trinajstić information content (AvgIpc) is 2.71. The summed E-state index contributed by atoms with van der Waals surface area (Å²) in [6.07, 6.45) is 4.01. The number of aryl methyl sites for hydroxylation is 1. The number of imidazole rings is 1. The van der Waals surface area contributed by atoms with E-state index in [0.717, 1.165) is 19.3 Å². The van der Waals surface area contributed by atoms with Crippen molar-refractivity contribution >= 4 is 10.0 Å². The Hall–Kier alpha value is -0.920. The van der Waals surface area contributed by atoms with Crippen molar-refractivity contribution in [1.82, 2.24) is 14.7 Å². The van der Waals surface area contributed by atoms with Gasteiger partial charge in [0.15, 0.2) is 5.03 Å². The molecule has 1 rings (SSSR count). The fourth-order valence-electron chi connectivity index (χ4n) is 1.37. The van der Waals surface area contributed by atoms with Gasteiger partial charge in [-0.1, -0.05) is 0 Å². The molecule has 1 aromatic rings. The Bertz CT molecular complexity index is 428. The SMILES string of the molecule is COCCCCCNS(=O)(=O)c1cnc(C)[nH]1. The molecule has 0 saturated heterocycles. The number of methoxy groups -OCH3 is 1. The second kappa shape index (κ2) is 6.73. The van der Waals surface area contributed by atoms with Crippen LogP contribution in [0.15, 0.2) is 11.2 Å². The minimum atomic E-state index is -3.43. The number of hydrogen-bond donors (Lipinski definition) is 2. The second-order valence-electron chi connectivity index (χ2n) is 3.78. The van der Waals surface area contributed by atoms with E-state index in [1.165, 1.54) is 6.20 Å². The lowest BCUT2D eigenvalue weighted by Crippen LogP contribution is -2.25. The maximum absolute atomic E-state index is 11.7. The number of aromatic nitrogens is 2. The van der Waals surface area contributed by atoms with Crippen molar-refractivity contribution in [3.63, 3.8) is 0 Å². The zero-order chi connectivity index (χ0) is 12.7. The lowest BCUT2D eigenvalue weighted by atomic mass is 10.2. The van der Waals surface area contributed by atoms with Crippen LogP contribution in [-0.4, -0.2) is 38.6 Å². The first-order chi connectivity index (χ1) is 8.06. The van der Waals surface area contributed by atoms with E-state index in [0.29, 0.717) is 19.0 Å². The van der Waals surface area contributed by atoms with Gasteiger partial charge in [-0.25, -0.2) is 18.1 Å². The van der Waals surface area contributed by atoms with Crippen molar-refractivity contribution in [2.75, 3.05) is 20.3 Å². The Labute approximate surface area is 102 Å². The highest BCUT2D eigenvalue weighted by Crippen LogP contribution is 2.05. The number of aromatic amines is 1. The summed E-state index contributed by atoms with van der Waals surface area (Å²) in [5.41, 5.74) is 0. The molecule has 0 aliphatic carbocycles. The van der Waals surface area contributed by atoms with Gasteiger partial charge in [-0.05, 0) is 26.2 Å². The number of H-pyrrole nitrogens is 1.